The van der Waals surface area contributed by atoms with E-state index >= 15 is 0 Å². The Balaban J connectivity index is 0.00000289. The molecule has 1 aliphatic carbocycles. The molecular formula is C26H29Cl2N3O3S. The lowest BCUT2D eigenvalue weighted by Crippen LogP contribution is -2.49. The quantitative estimate of drug-likeness (QED) is 0.405. The highest BCUT2D eigenvalue weighted by Crippen LogP contribution is 2.53. The van der Waals surface area contributed by atoms with Gasteiger partial charge in [-0.05, 0) is 78.9 Å². The van der Waals surface area contributed by atoms with E-state index in [-0.39, 0.29) is 41.9 Å². The van der Waals surface area contributed by atoms with Crippen molar-refractivity contribution in [2.45, 2.75) is 42.0 Å². The van der Waals surface area contributed by atoms with Crippen LogP contribution in [-0.2, 0) is 21.9 Å². The molecule has 0 saturated heterocycles. The number of aromatic nitrogens is 1. The van der Waals surface area contributed by atoms with E-state index in [2.05, 4.69) is 39.3 Å². The van der Waals surface area contributed by atoms with Gasteiger partial charge in [0.25, 0.3) is 0 Å². The Morgan fingerprint density at radius 2 is 1.94 bits per heavy atom. The number of benzene rings is 2. The van der Waals surface area contributed by atoms with Crippen LogP contribution >= 0.6 is 24.0 Å². The van der Waals surface area contributed by atoms with E-state index in [0.717, 1.165) is 36.6 Å². The highest BCUT2D eigenvalue weighted by atomic mass is 35.5. The number of sulfonamides is 1. The number of pyridine rings is 1. The molecule has 9 heteroatoms. The molecule has 2 N–H and O–H groups in total. The van der Waals surface area contributed by atoms with Crippen molar-refractivity contribution in [1.82, 2.24) is 15.0 Å². The van der Waals surface area contributed by atoms with Crippen molar-refractivity contribution in [2.24, 2.45) is 0 Å². The Kier molecular flexibility index (Phi) is 8.03. The number of fused-ring (bicyclic) bond motifs is 1. The zero-order valence-corrected chi connectivity index (χ0v) is 21.6. The van der Waals surface area contributed by atoms with Crippen LogP contribution in [0.4, 0.5) is 0 Å². The number of rotatable bonds is 8. The highest BCUT2D eigenvalue weighted by molar-refractivity contribution is 7.89. The molecule has 35 heavy (non-hydrogen) atoms. The van der Waals surface area contributed by atoms with Gasteiger partial charge in [0, 0.05) is 35.4 Å². The molecule has 5 rings (SSSR count). The summed E-state index contributed by atoms with van der Waals surface area (Å²) in [5, 5.41) is 4.53. The summed E-state index contributed by atoms with van der Waals surface area (Å²) in [6.07, 6.45) is 7.33. The van der Waals surface area contributed by atoms with Gasteiger partial charge in [0.05, 0.1) is 0 Å². The first kappa shape index (κ1) is 25.9. The Bertz CT molecular complexity index is 1250. The van der Waals surface area contributed by atoms with Gasteiger partial charge in [-0.25, -0.2) is 13.1 Å². The third-order valence-corrected chi connectivity index (χ3v) is 8.69. The largest absolute Gasteiger partial charge is 0.492 e. The molecule has 2 aliphatic rings. The smallest absolute Gasteiger partial charge is 0.242 e. The molecule has 0 radical (unpaired) electrons. The molecule has 0 amide bonds. The molecule has 2 aromatic carbocycles. The summed E-state index contributed by atoms with van der Waals surface area (Å²) in [6.45, 7) is 1.35. The SMILES string of the molecule is Cl.O=S(=O)(NCCOc1ccc2c(c1)C(C1(c3ccc(Cl)cc3)CCC1)NCC2)c1cccnc1. The van der Waals surface area contributed by atoms with Crippen LogP contribution in [0.2, 0.25) is 5.02 Å². The molecule has 1 aliphatic heterocycles. The van der Waals surface area contributed by atoms with Crippen LogP contribution in [0.25, 0.3) is 0 Å². The number of halogens is 2. The van der Waals surface area contributed by atoms with Gasteiger partial charge in [0.2, 0.25) is 10.0 Å². The minimum absolute atomic E-state index is 0. The van der Waals surface area contributed by atoms with Crippen LogP contribution in [-0.4, -0.2) is 33.1 Å². The molecule has 1 fully saturated rings. The van der Waals surface area contributed by atoms with Crippen LogP contribution in [0.3, 0.4) is 0 Å². The summed E-state index contributed by atoms with van der Waals surface area (Å²) in [4.78, 5) is 4.01. The normalized spacial score (nSPS) is 18.6. The lowest BCUT2D eigenvalue weighted by molar-refractivity contribution is 0.164. The summed E-state index contributed by atoms with van der Waals surface area (Å²) >= 11 is 6.16. The van der Waals surface area contributed by atoms with Crippen LogP contribution in [0.1, 0.15) is 42.0 Å². The third-order valence-electron chi connectivity index (χ3n) is 7.00. The lowest BCUT2D eigenvalue weighted by atomic mass is 9.58. The van der Waals surface area contributed by atoms with E-state index in [0.29, 0.717) is 0 Å². The number of nitrogens with one attached hydrogen (secondary N) is 2. The summed E-state index contributed by atoms with van der Waals surface area (Å²) in [5.41, 5.74) is 3.99. The van der Waals surface area contributed by atoms with Crippen LogP contribution in [0, 0.1) is 0 Å². The van der Waals surface area contributed by atoms with Crippen molar-refractivity contribution in [1.29, 1.82) is 0 Å². The van der Waals surface area contributed by atoms with Gasteiger partial charge in [0.1, 0.15) is 17.3 Å². The van der Waals surface area contributed by atoms with E-state index in [9.17, 15) is 8.42 Å². The first-order chi connectivity index (χ1) is 16.5. The number of hydrogen-bond donors (Lipinski definition) is 2. The maximum absolute atomic E-state index is 12.4. The Morgan fingerprint density at radius 3 is 2.63 bits per heavy atom. The van der Waals surface area contributed by atoms with E-state index < -0.39 is 10.0 Å². The molecule has 0 bridgehead atoms. The second kappa shape index (κ2) is 10.8. The van der Waals surface area contributed by atoms with E-state index in [1.54, 1.807) is 12.3 Å². The minimum atomic E-state index is -3.60. The summed E-state index contributed by atoms with van der Waals surface area (Å²) in [7, 11) is -3.60. The van der Waals surface area contributed by atoms with Crippen LogP contribution in [0.15, 0.2) is 71.9 Å². The van der Waals surface area contributed by atoms with Gasteiger partial charge in [-0.2, -0.15) is 0 Å². The minimum Gasteiger partial charge on any atom is -0.492 e. The number of nitrogens with zero attached hydrogens (tertiary/aromatic N) is 1. The average molecular weight is 535 g/mol. The summed E-state index contributed by atoms with van der Waals surface area (Å²) < 4.78 is 33.2. The monoisotopic (exact) mass is 533 g/mol. The molecule has 0 spiro atoms. The van der Waals surface area contributed by atoms with E-state index in [4.69, 9.17) is 16.3 Å². The Labute approximate surface area is 217 Å². The van der Waals surface area contributed by atoms with E-state index in [1.165, 1.54) is 35.4 Å². The van der Waals surface area contributed by atoms with Gasteiger partial charge in [-0.3, -0.25) is 4.98 Å². The van der Waals surface area contributed by atoms with Crippen molar-refractivity contribution in [3.63, 3.8) is 0 Å². The first-order valence-electron chi connectivity index (χ1n) is 11.6. The Morgan fingerprint density at radius 1 is 1.14 bits per heavy atom. The predicted octanol–water partition coefficient (Wildman–Crippen LogP) is 4.82. The molecule has 3 aromatic rings. The Hall–Kier alpha value is -2.16. The second-order valence-electron chi connectivity index (χ2n) is 8.95. The van der Waals surface area contributed by atoms with Crippen molar-refractivity contribution in [2.75, 3.05) is 19.7 Å². The molecule has 1 aromatic heterocycles. The average Bonchev–Trinajstić information content (AvgIpc) is 2.83. The van der Waals surface area contributed by atoms with Gasteiger partial charge in [-0.15, -0.1) is 12.4 Å². The molecular weight excluding hydrogens is 505 g/mol. The fourth-order valence-corrected chi connectivity index (χ4v) is 6.23. The highest BCUT2D eigenvalue weighted by Gasteiger charge is 2.47. The topological polar surface area (TPSA) is 80.3 Å². The maximum Gasteiger partial charge on any atom is 0.242 e. The number of hydrogen-bond acceptors (Lipinski definition) is 5. The third kappa shape index (κ3) is 5.34. The van der Waals surface area contributed by atoms with Crippen LogP contribution in [0.5, 0.6) is 5.75 Å². The maximum atomic E-state index is 12.4. The van der Waals surface area contributed by atoms with Crippen LogP contribution < -0.4 is 14.8 Å². The zero-order chi connectivity index (χ0) is 23.6. The van der Waals surface area contributed by atoms with Gasteiger partial charge in [0.15, 0.2) is 0 Å². The second-order valence-corrected chi connectivity index (χ2v) is 11.2. The molecule has 1 saturated carbocycles. The predicted molar refractivity (Wildman–Crippen MR) is 140 cm³/mol. The van der Waals surface area contributed by atoms with Crippen molar-refractivity contribution in [3.05, 3.63) is 88.7 Å². The summed E-state index contributed by atoms with van der Waals surface area (Å²) in [6, 6.07) is 17.8. The summed E-state index contributed by atoms with van der Waals surface area (Å²) in [5.74, 6) is 0.749. The standard InChI is InChI=1S/C26H28ClN3O3S.ClH/c27-21-7-5-20(6-8-21)26(11-2-12-26)25-24-17-22(9-4-19(24)10-14-29-25)33-16-15-30-34(31,32)23-3-1-13-28-18-23;/h1,3-9,13,17-18,25,29-30H,2,10-12,14-16H2;1H. The van der Waals surface area contributed by atoms with Gasteiger partial charge in [-0.1, -0.05) is 36.2 Å². The fraction of sp³-hybridized carbons (Fsp3) is 0.346. The molecule has 6 nitrogen and oxygen atoms in total. The van der Waals surface area contributed by atoms with Crippen molar-refractivity contribution >= 4 is 34.0 Å². The lowest BCUT2D eigenvalue weighted by Gasteiger charge is -2.50. The van der Waals surface area contributed by atoms with Gasteiger partial charge < -0.3 is 10.1 Å². The van der Waals surface area contributed by atoms with Gasteiger partial charge >= 0.3 is 0 Å². The molecule has 2 heterocycles. The zero-order valence-electron chi connectivity index (χ0n) is 19.2. The molecule has 1 atom stereocenters. The molecule has 186 valence electrons. The fourth-order valence-electron chi connectivity index (χ4n) is 5.13. The first-order valence-corrected chi connectivity index (χ1v) is 13.5. The van der Waals surface area contributed by atoms with Crippen molar-refractivity contribution in [3.8, 4) is 5.75 Å². The van der Waals surface area contributed by atoms with Crippen molar-refractivity contribution < 1.29 is 13.2 Å². The number of ether oxygens (including phenoxy) is 1. The van der Waals surface area contributed by atoms with E-state index in [1.807, 2.05) is 18.2 Å². The molecule has 1 unspecified atom stereocenters.